The molecule has 1 aliphatic carbocycles. The minimum absolute atomic E-state index is 0.165. The predicted molar refractivity (Wildman–Crippen MR) is 101 cm³/mol. The molecule has 26 heavy (non-hydrogen) atoms. The Balaban J connectivity index is 1.35. The molecule has 4 rings (SSSR count). The van der Waals surface area contributed by atoms with Crippen LogP contribution in [0.15, 0.2) is 42.7 Å². The largest absolute Gasteiger partial charge is 0.345 e. The highest BCUT2D eigenvalue weighted by atomic mass is 16.2. The van der Waals surface area contributed by atoms with Crippen molar-refractivity contribution < 1.29 is 4.79 Å². The molecule has 0 bridgehead atoms. The average molecular weight is 351 g/mol. The third kappa shape index (κ3) is 3.70. The van der Waals surface area contributed by atoms with Crippen LogP contribution in [0.2, 0.25) is 0 Å². The van der Waals surface area contributed by atoms with Crippen molar-refractivity contribution in [1.29, 1.82) is 0 Å². The lowest BCUT2D eigenvalue weighted by atomic mass is 9.78. The van der Waals surface area contributed by atoms with Crippen molar-refractivity contribution in [2.75, 3.05) is 31.1 Å². The van der Waals surface area contributed by atoms with E-state index in [1.807, 2.05) is 29.2 Å². The van der Waals surface area contributed by atoms with Crippen LogP contribution in [0.3, 0.4) is 0 Å². The van der Waals surface area contributed by atoms with Crippen molar-refractivity contribution >= 4 is 11.7 Å². The Morgan fingerprint density at radius 1 is 1.12 bits per heavy atom. The van der Waals surface area contributed by atoms with Gasteiger partial charge in [0.15, 0.2) is 0 Å². The lowest BCUT2D eigenvalue weighted by Gasteiger charge is -2.36. The van der Waals surface area contributed by atoms with Crippen LogP contribution >= 0.6 is 0 Å². The zero-order chi connectivity index (χ0) is 17.9. The molecule has 1 amide bonds. The Bertz CT molecular complexity index is 760. The van der Waals surface area contributed by atoms with E-state index in [2.05, 4.69) is 27.0 Å². The number of hydrogen-bond donors (Lipinski definition) is 1. The Morgan fingerprint density at radius 3 is 2.65 bits per heavy atom. The van der Waals surface area contributed by atoms with E-state index in [-0.39, 0.29) is 5.91 Å². The molecule has 1 saturated carbocycles. The van der Waals surface area contributed by atoms with Crippen LogP contribution in [0.4, 0.5) is 5.82 Å². The van der Waals surface area contributed by atoms with Gasteiger partial charge >= 0.3 is 0 Å². The van der Waals surface area contributed by atoms with Gasteiger partial charge in [-0.15, -0.1) is 0 Å². The van der Waals surface area contributed by atoms with Gasteiger partial charge in [-0.25, -0.2) is 9.97 Å². The Labute approximate surface area is 154 Å². The second-order valence-corrected chi connectivity index (χ2v) is 7.27. The lowest BCUT2D eigenvalue weighted by Crippen LogP contribution is -2.51. The third-order valence-electron chi connectivity index (χ3n) is 5.42. The summed E-state index contributed by atoms with van der Waals surface area (Å²) in [4.78, 5) is 25.4. The maximum Gasteiger partial charge on any atom is 0.242 e. The molecule has 2 heterocycles. The first-order valence-electron chi connectivity index (χ1n) is 9.33. The standard InChI is InChI=1S/C20H25N5O/c21-17-10-16(11-17)18-12-19(23-14-22-18)25-9-8-24(20(26)13-25)7-6-15-4-2-1-3-5-15/h1-5,12,14,16-17H,6-11,13,21H2. The second-order valence-electron chi connectivity index (χ2n) is 7.27. The molecule has 0 atom stereocenters. The molecule has 136 valence electrons. The molecule has 6 nitrogen and oxygen atoms in total. The molecular weight excluding hydrogens is 326 g/mol. The van der Waals surface area contributed by atoms with Gasteiger partial charge in [-0.3, -0.25) is 4.79 Å². The van der Waals surface area contributed by atoms with Gasteiger partial charge in [0.25, 0.3) is 0 Å². The summed E-state index contributed by atoms with van der Waals surface area (Å²) < 4.78 is 0. The summed E-state index contributed by atoms with van der Waals surface area (Å²) in [5.74, 6) is 1.46. The topological polar surface area (TPSA) is 75.3 Å². The Morgan fingerprint density at radius 2 is 1.92 bits per heavy atom. The smallest absolute Gasteiger partial charge is 0.242 e. The average Bonchev–Trinajstić information content (AvgIpc) is 2.65. The number of carbonyl (C=O) groups is 1. The molecule has 2 aromatic rings. The van der Waals surface area contributed by atoms with Crippen molar-refractivity contribution in [2.24, 2.45) is 5.73 Å². The normalized spacial score (nSPS) is 23.0. The summed E-state index contributed by atoms with van der Waals surface area (Å²) >= 11 is 0. The number of carbonyl (C=O) groups excluding carboxylic acids is 1. The zero-order valence-corrected chi connectivity index (χ0v) is 14.9. The van der Waals surface area contributed by atoms with Crippen LogP contribution in [0.25, 0.3) is 0 Å². The summed E-state index contributed by atoms with van der Waals surface area (Å²) in [5, 5.41) is 0. The van der Waals surface area contributed by atoms with Crippen LogP contribution in [-0.4, -0.2) is 53.0 Å². The fourth-order valence-corrected chi connectivity index (χ4v) is 3.71. The van der Waals surface area contributed by atoms with Crippen LogP contribution in [-0.2, 0) is 11.2 Å². The number of hydrogen-bond acceptors (Lipinski definition) is 5. The first kappa shape index (κ1) is 17.0. The van der Waals surface area contributed by atoms with Crippen LogP contribution < -0.4 is 10.6 Å². The number of amides is 1. The van der Waals surface area contributed by atoms with E-state index in [1.54, 1.807) is 6.33 Å². The maximum atomic E-state index is 12.6. The number of aromatic nitrogens is 2. The highest BCUT2D eigenvalue weighted by Gasteiger charge is 2.30. The molecular formula is C20H25N5O. The summed E-state index contributed by atoms with van der Waals surface area (Å²) in [6.07, 6.45) is 4.48. The molecule has 2 fully saturated rings. The van der Waals surface area contributed by atoms with Crippen LogP contribution in [0, 0.1) is 0 Å². The quantitative estimate of drug-likeness (QED) is 0.885. The fraction of sp³-hybridized carbons (Fsp3) is 0.450. The summed E-state index contributed by atoms with van der Waals surface area (Å²) in [6, 6.07) is 12.6. The molecule has 1 saturated heterocycles. The van der Waals surface area contributed by atoms with Gasteiger partial charge in [0, 0.05) is 43.4 Å². The van der Waals surface area contributed by atoms with Crippen molar-refractivity contribution in [2.45, 2.75) is 31.2 Å². The number of benzene rings is 1. The van der Waals surface area contributed by atoms with Gasteiger partial charge in [0.05, 0.1) is 6.54 Å². The van der Waals surface area contributed by atoms with Crippen LogP contribution in [0.5, 0.6) is 0 Å². The molecule has 0 unspecified atom stereocenters. The summed E-state index contributed by atoms with van der Waals surface area (Å²) in [7, 11) is 0. The number of nitrogens with zero attached hydrogens (tertiary/aromatic N) is 4. The minimum atomic E-state index is 0.165. The first-order chi connectivity index (χ1) is 12.7. The van der Waals surface area contributed by atoms with Crippen molar-refractivity contribution in [3.8, 4) is 0 Å². The number of rotatable bonds is 5. The van der Waals surface area contributed by atoms with Gasteiger partial charge in [0.1, 0.15) is 12.1 Å². The lowest BCUT2D eigenvalue weighted by molar-refractivity contribution is -0.130. The third-order valence-corrected chi connectivity index (χ3v) is 5.42. The zero-order valence-electron chi connectivity index (χ0n) is 14.9. The van der Waals surface area contributed by atoms with Crippen LogP contribution in [0.1, 0.15) is 30.0 Å². The molecule has 0 radical (unpaired) electrons. The van der Waals surface area contributed by atoms with Gasteiger partial charge < -0.3 is 15.5 Å². The van der Waals surface area contributed by atoms with Gasteiger partial charge in [-0.05, 0) is 24.8 Å². The first-order valence-corrected chi connectivity index (χ1v) is 9.33. The maximum absolute atomic E-state index is 12.6. The second kappa shape index (κ2) is 7.41. The number of nitrogens with two attached hydrogens (primary N) is 1. The predicted octanol–water partition coefficient (Wildman–Crippen LogP) is 1.57. The monoisotopic (exact) mass is 351 g/mol. The molecule has 0 spiro atoms. The minimum Gasteiger partial charge on any atom is -0.345 e. The van der Waals surface area contributed by atoms with Gasteiger partial charge in [-0.2, -0.15) is 0 Å². The van der Waals surface area contributed by atoms with Crippen molar-refractivity contribution in [3.63, 3.8) is 0 Å². The van der Waals surface area contributed by atoms with Crippen molar-refractivity contribution in [3.05, 3.63) is 54.0 Å². The molecule has 1 aromatic heterocycles. The van der Waals surface area contributed by atoms with E-state index in [9.17, 15) is 4.79 Å². The molecule has 1 aliphatic heterocycles. The molecule has 1 aromatic carbocycles. The highest BCUT2D eigenvalue weighted by Crippen LogP contribution is 2.35. The van der Waals surface area contributed by atoms with E-state index < -0.39 is 0 Å². The SMILES string of the molecule is NC1CC(c2cc(N3CCN(CCc4ccccc4)C(=O)C3)ncn2)C1. The molecule has 6 heteroatoms. The van der Waals surface area contributed by atoms with Gasteiger partial charge in [0.2, 0.25) is 5.91 Å². The number of anilines is 1. The van der Waals surface area contributed by atoms with Crippen molar-refractivity contribution in [1.82, 2.24) is 14.9 Å². The van der Waals surface area contributed by atoms with E-state index in [4.69, 9.17) is 5.73 Å². The van der Waals surface area contributed by atoms with Gasteiger partial charge in [-0.1, -0.05) is 30.3 Å². The summed E-state index contributed by atoms with van der Waals surface area (Å²) in [5.41, 5.74) is 8.20. The van der Waals surface area contributed by atoms with E-state index in [0.717, 1.165) is 50.4 Å². The Kier molecular flexibility index (Phi) is 4.84. The number of piperazine rings is 1. The van der Waals surface area contributed by atoms with E-state index in [1.165, 1.54) is 5.56 Å². The molecule has 2 aliphatic rings. The molecule has 2 N–H and O–H groups in total. The van der Waals surface area contributed by atoms with E-state index >= 15 is 0 Å². The Hall–Kier alpha value is -2.47. The highest BCUT2D eigenvalue weighted by molar-refractivity contribution is 5.82. The van der Waals surface area contributed by atoms with E-state index in [0.29, 0.717) is 18.5 Å². The fourth-order valence-electron chi connectivity index (χ4n) is 3.71. The summed E-state index contributed by atoms with van der Waals surface area (Å²) in [6.45, 7) is 2.70.